The first-order chi connectivity index (χ1) is 17.7. The summed E-state index contributed by atoms with van der Waals surface area (Å²) in [5.74, 6) is -1.44. The molecule has 0 saturated carbocycles. The molecule has 1 aliphatic heterocycles. The molecule has 5 atom stereocenters. The number of β-amino-alcohol motifs (C(OH)–C–C–N with tert-alkyl or cyclic N) is 1. The Bertz CT molecular complexity index is 1110. The molecule has 0 spiro atoms. The Labute approximate surface area is 226 Å². The fourth-order valence-electron chi connectivity index (χ4n) is 5.13. The van der Waals surface area contributed by atoms with Gasteiger partial charge in [-0.2, -0.15) is 0 Å². The molecule has 4 rings (SSSR count). The first kappa shape index (κ1) is 27.7. The minimum atomic E-state index is -1.000. The number of aliphatic hydroxyl groups is 1. The zero-order valence-electron chi connectivity index (χ0n) is 20.7. The van der Waals surface area contributed by atoms with E-state index in [2.05, 4.69) is 10.6 Å². The van der Waals surface area contributed by atoms with E-state index in [4.69, 9.17) is 38.4 Å². The van der Waals surface area contributed by atoms with Crippen LogP contribution in [0.1, 0.15) is 54.5 Å². The van der Waals surface area contributed by atoms with E-state index in [0.29, 0.717) is 42.3 Å². The summed E-state index contributed by atoms with van der Waals surface area (Å²) >= 11 is 12.4. The van der Waals surface area contributed by atoms with Gasteiger partial charge in [0.25, 0.3) is 0 Å². The number of hydrogen-bond acceptors (Lipinski definition) is 6. The fraction of sp³-hybridized carbons (Fsp3) is 0.481. The van der Waals surface area contributed by atoms with Crippen LogP contribution in [-0.2, 0) is 20.7 Å². The Balaban J connectivity index is 1.61. The number of nitrogens with two attached hydrogens (primary N) is 1. The Kier molecular flexibility index (Phi) is 9.31. The Morgan fingerprint density at radius 3 is 2.62 bits per heavy atom. The van der Waals surface area contributed by atoms with Crippen LogP contribution in [0.15, 0.2) is 36.4 Å². The van der Waals surface area contributed by atoms with Crippen LogP contribution in [0.3, 0.4) is 0 Å². The topological polar surface area (TPSA) is 123 Å². The number of methoxy groups -OCH3 is 1. The lowest BCUT2D eigenvalue weighted by Gasteiger charge is -2.27. The SMILES string of the molecule is COc1ccc2c(c1)[C@@H]1C[C@H]2OCCCC[C@@H](C(N)=O)C(=O)N[C@@H](Cc2cc(Cl)cc(Cl)c2)[C@H](O)CN1. The summed E-state index contributed by atoms with van der Waals surface area (Å²) in [6, 6.07) is 10.3. The van der Waals surface area contributed by atoms with Crippen molar-refractivity contribution in [1.29, 1.82) is 0 Å². The minimum absolute atomic E-state index is 0.0646. The van der Waals surface area contributed by atoms with E-state index < -0.39 is 29.9 Å². The van der Waals surface area contributed by atoms with Crippen molar-refractivity contribution in [2.75, 3.05) is 20.3 Å². The minimum Gasteiger partial charge on any atom is -0.497 e. The van der Waals surface area contributed by atoms with Crippen molar-refractivity contribution in [3.63, 3.8) is 0 Å². The van der Waals surface area contributed by atoms with Gasteiger partial charge in [0.2, 0.25) is 11.8 Å². The van der Waals surface area contributed by atoms with Gasteiger partial charge < -0.3 is 30.9 Å². The number of nitrogens with one attached hydrogen (secondary N) is 2. The molecule has 1 aliphatic carbocycles. The van der Waals surface area contributed by atoms with E-state index >= 15 is 0 Å². The van der Waals surface area contributed by atoms with Crippen molar-refractivity contribution >= 4 is 35.0 Å². The number of ether oxygens (including phenoxy) is 2. The molecule has 1 fully saturated rings. The van der Waals surface area contributed by atoms with Gasteiger partial charge in [-0.3, -0.25) is 9.59 Å². The molecule has 1 heterocycles. The maximum atomic E-state index is 13.1. The Morgan fingerprint density at radius 2 is 1.92 bits per heavy atom. The molecule has 200 valence electrons. The molecule has 2 amide bonds. The summed E-state index contributed by atoms with van der Waals surface area (Å²) in [5, 5.41) is 18.5. The predicted molar refractivity (Wildman–Crippen MR) is 142 cm³/mol. The van der Waals surface area contributed by atoms with E-state index in [0.717, 1.165) is 22.4 Å². The standard InChI is InChI=1S/C27H33Cl2N3O5/c1-36-18-5-6-19-21(12-18)22-13-25(19)37-7-3-2-4-20(26(30)34)27(35)32-23(24(33)14-31-22)10-15-8-16(28)11-17(29)9-15/h5-6,8-9,11-12,20,22-25,31,33H,2-4,7,10,13-14H2,1H3,(H2,30,34)(H,32,35)/t20-,22-,23-,24+,25+/m0/s1. The average Bonchev–Trinajstić information content (AvgIpc) is 3.19. The second-order valence-corrected chi connectivity index (χ2v) is 10.5. The Hall–Kier alpha value is -2.36. The van der Waals surface area contributed by atoms with Gasteiger partial charge in [0.15, 0.2) is 0 Å². The number of fused-ring (bicyclic) bond motifs is 5. The van der Waals surface area contributed by atoms with Crippen LogP contribution in [-0.4, -0.2) is 49.3 Å². The van der Waals surface area contributed by atoms with Gasteiger partial charge in [0, 0.05) is 29.2 Å². The van der Waals surface area contributed by atoms with Gasteiger partial charge in [-0.15, -0.1) is 0 Å². The van der Waals surface area contributed by atoms with E-state index in [1.54, 1.807) is 25.3 Å². The fourth-order valence-corrected chi connectivity index (χ4v) is 5.70. The monoisotopic (exact) mass is 549 g/mol. The summed E-state index contributed by atoms with van der Waals surface area (Å²) in [6.07, 6.45) is 1.48. The van der Waals surface area contributed by atoms with Crippen LogP contribution in [0.25, 0.3) is 0 Å². The third kappa shape index (κ3) is 6.94. The first-order valence-corrected chi connectivity index (χ1v) is 13.3. The highest BCUT2D eigenvalue weighted by atomic mass is 35.5. The summed E-state index contributed by atoms with van der Waals surface area (Å²) in [4.78, 5) is 25.2. The van der Waals surface area contributed by atoms with Gasteiger partial charge in [-0.25, -0.2) is 0 Å². The van der Waals surface area contributed by atoms with Gasteiger partial charge >= 0.3 is 0 Å². The van der Waals surface area contributed by atoms with Crippen molar-refractivity contribution in [3.05, 3.63) is 63.1 Å². The first-order valence-electron chi connectivity index (χ1n) is 12.5. The second kappa shape index (κ2) is 12.5. The maximum absolute atomic E-state index is 13.1. The lowest BCUT2D eigenvalue weighted by molar-refractivity contribution is -0.134. The lowest BCUT2D eigenvalue weighted by Crippen LogP contribution is -2.52. The number of carbonyl (C=O) groups is 2. The van der Waals surface area contributed by atoms with Gasteiger partial charge in [-0.05, 0) is 79.1 Å². The van der Waals surface area contributed by atoms with E-state index in [1.165, 1.54) is 0 Å². The number of primary amides is 1. The number of halogens is 2. The molecule has 2 aliphatic rings. The summed E-state index contributed by atoms with van der Waals surface area (Å²) in [5.41, 5.74) is 8.48. The summed E-state index contributed by atoms with van der Waals surface area (Å²) < 4.78 is 11.6. The van der Waals surface area contributed by atoms with Crippen molar-refractivity contribution in [2.45, 2.75) is 56.4 Å². The number of hydrogen-bond donors (Lipinski definition) is 4. The highest BCUT2D eigenvalue weighted by Gasteiger charge is 2.34. The zero-order chi connectivity index (χ0) is 26.5. The van der Waals surface area contributed by atoms with E-state index in [-0.39, 0.29) is 25.1 Å². The number of benzene rings is 2. The molecular weight excluding hydrogens is 517 g/mol. The maximum Gasteiger partial charge on any atom is 0.232 e. The molecule has 0 aromatic heterocycles. The largest absolute Gasteiger partial charge is 0.497 e. The third-order valence-corrected chi connectivity index (χ3v) is 7.51. The highest BCUT2D eigenvalue weighted by Crippen LogP contribution is 2.42. The van der Waals surface area contributed by atoms with Gasteiger partial charge in [0.1, 0.15) is 11.7 Å². The van der Waals surface area contributed by atoms with E-state index in [9.17, 15) is 14.7 Å². The molecular formula is C27H33Cl2N3O5. The summed E-state index contributed by atoms with van der Waals surface area (Å²) in [7, 11) is 1.63. The molecule has 37 heavy (non-hydrogen) atoms. The van der Waals surface area contributed by atoms with Crippen molar-refractivity contribution in [3.8, 4) is 5.75 Å². The van der Waals surface area contributed by atoms with Gasteiger partial charge in [0.05, 0.1) is 25.4 Å². The number of carbonyl (C=O) groups excluding carboxylic acids is 2. The summed E-state index contributed by atoms with van der Waals surface area (Å²) in [6.45, 7) is 0.686. The van der Waals surface area contributed by atoms with Crippen LogP contribution < -0.4 is 21.1 Å². The zero-order valence-corrected chi connectivity index (χ0v) is 22.2. The molecule has 2 bridgehead atoms. The van der Waals surface area contributed by atoms with Crippen molar-refractivity contribution in [1.82, 2.24) is 10.6 Å². The predicted octanol–water partition coefficient (Wildman–Crippen LogP) is 3.47. The number of amides is 2. The van der Waals surface area contributed by atoms with Crippen molar-refractivity contribution in [2.24, 2.45) is 11.7 Å². The molecule has 8 nitrogen and oxygen atoms in total. The quantitative estimate of drug-likeness (QED) is 0.433. The highest BCUT2D eigenvalue weighted by molar-refractivity contribution is 6.34. The number of rotatable bonds is 4. The van der Waals surface area contributed by atoms with Crippen molar-refractivity contribution < 1.29 is 24.2 Å². The van der Waals surface area contributed by atoms with Crippen LogP contribution in [0.2, 0.25) is 10.0 Å². The molecule has 10 heteroatoms. The number of aliphatic hydroxyl groups excluding tert-OH is 1. The smallest absolute Gasteiger partial charge is 0.232 e. The van der Waals surface area contributed by atoms with Crippen LogP contribution in [0.5, 0.6) is 5.75 Å². The average molecular weight is 550 g/mol. The Morgan fingerprint density at radius 1 is 1.16 bits per heavy atom. The molecule has 2 aromatic carbocycles. The molecule has 2 aromatic rings. The van der Waals surface area contributed by atoms with Crippen LogP contribution in [0, 0.1) is 5.92 Å². The molecule has 0 radical (unpaired) electrons. The normalized spacial score (nSPS) is 26.9. The molecule has 1 saturated heterocycles. The second-order valence-electron chi connectivity index (χ2n) is 9.67. The third-order valence-electron chi connectivity index (χ3n) is 7.08. The van der Waals surface area contributed by atoms with Crippen LogP contribution in [0.4, 0.5) is 0 Å². The van der Waals surface area contributed by atoms with Crippen LogP contribution >= 0.6 is 23.2 Å². The lowest BCUT2D eigenvalue weighted by atomic mass is 9.96. The van der Waals surface area contributed by atoms with Gasteiger partial charge in [-0.1, -0.05) is 29.3 Å². The van der Waals surface area contributed by atoms with E-state index in [1.807, 2.05) is 18.2 Å². The molecule has 5 N–H and O–H groups in total. The molecule has 0 unspecified atom stereocenters.